The zero-order valence-corrected chi connectivity index (χ0v) is 12.4. The van der Waals surface area contributed by atoms with Crippen LogP contribution >= 0.6 is 15.9 Å². The van der Waals surface area contributed by atoms with Crippen LogP contribution in [0.15, 0.2) is 22.7 Å². The molecule has 0 aliphatic rings. The summed E-state index contributed by atoms with van der Waals surface area (Å²) in [6, 6.07) is 4.07. The van der Waals surface area contributed by atoms with Gasteiger partial charge in [-0.1, -0.05) is 29.8 Å². The molecule has 2 N–H and O–H groups in total. The van der Waals surface area contributed by atoms with Gasteiger partial charge in [-0.15, -0.1) is 13.2 Å². The van der Waals surface area contributed by atoms with Gasteiger partial charge in [-0.3, -0.25) is 4.79 Å². The van der Waals surface area contributed by atoms with Crippen LogP contribution in [-0.2, 0) is 4.79 Å². The first-order valence-corrected chi connectivity index (χ1v) is 6.55. The smallest absolute Gasteiger partial charge is 0.404 e. The first kappa shape index (κ1) is 16.8. The summed E-state index contributed by atoms with van der Waals surface area (Å²) >= 11 is 3.05. The van der Waals surface area contributed by atoms with Crippen LogP contribution in [0.2, 0.25) is 0 Å². The van der Waals surface area contributed by atoms with Gasteiger partial charge >= 0.3 is 6.36 Å². The monoisotopic (exact) mass is 354 g/mol. The van der Waals surface area contributed by atoms with E-state index in [9.17, 15) is 18.0 Å². The molecule has 8 heteroatoms. The van der Waals surface area contributed by atoms with Crippen molar-refractivity contribution in [2.75, 3.05) is 11.9 Å². The van der Waals surface area contributed by atoms with Gasteiger partial charge in [0.05, 0.1) is 12.2 Å². The summed E-state index contributed by atoms with van der Waals surface area (Å²) < 4.78 is 41.1. The Kier molecular flexibility index (Phi) is 5.82. The number of alkyl halides is 3. The molecule has 0 aliphatic heterocycles. The van der Waals surface area contributed by atoms with Crippen molar-refractivity contribution < 1.29 is 22.7 Å². The average molecular weight is 355 g/mol. The first-order chi connectivity index (χ1) is 9.17. The predicted molar refractivity (Wildman–Crippen MR) is 72.6 cm³/mol. The van der Waals surface area contributed by atoms with Crippen LogP contribution < -0.4 is 15.4 Å². The van der Waals surface area contributed by atoms with E-state index in [2.05, 4.69) is 31.3 Å². The Morgan fingerprint density at radius 3 is 2.60 bits per heavy atom. The van der Waals surface area contributed by atoms with Crippen molar-refractivity contribution in [2.45, 2.75) is 26.3 Å². The van der Waals surface area contributed by atoms with E-state index < -0.39 is 18.0 Å². The molecule has 1 aromatic carbocycles. The van der Waals surface area contributed by atoms with E-state index in [4.69, 9.17) is 0 Å². The van der Waals surface area contributed by atoms with Crippen molar-refractivity contribution in [3.05, 3.63) is 22.7 Å². The van der Waals surface area contributed by atoms with Crippen LogP contribution in [0.4, 0.5) is 18.9 Å². The lowest BCUT2D eigenvalue weighted by molar-refractivity contribution is -0.274. The summed E-state index contributed by atoms with van der Waals surface area (Å²) in [5.74, 6) is -0.919. The number of anilines is 1. The number of benzene rings is 1. The van der Waals surface area contributed by atoms with Gasteiger partial charge in [0.25, 0.3) is 0 Å². The summed E-state index contributed by atoms with van der Waals surface area (Å²) in [5.41, 5.74) is -0.0407. The van der Waals surface area contributed by atoms with Crippen LogP contribution in [0.1, 0.15) is 13.8 Å². The molecule has 20 heavy (non-hydrogen) atoms. The lowest BCUT2D eigenvalue weighted by atomic mass is 10.3. The molecule has 0 aliphatic carbocycles. The van der Waals surface area contributed by atoms with Gasteiger partial charge in [-0.25, -0.2) is 0 Å². The van der Waals surface area contributed by atoms with Gasteiger partial charge in [0, 0.05) is 10.5 Å². The first-order valence-electron chi connectivity index (χ1n) is 5.76. The zero-order chi connectivity index (χ0) is 15.3. The van der Waals surface area contributed by atoms with Crippen LogP contribution in [0.5, 0.6) is 5.75 Å². The molecule has 4 nitrogen and oxygen atoms in total. The van der Waals surface area contributed by atoms with Gasteiger partial charge in [-0.05, 0) is 18.2 Å². The summed E-state index contributed by atoms with van der Waals surface area (Å²) in [5, 5.41) is 5.23. The number of halogens is 4. The molecule has 0 radical (unpaired) electrons. The van der Waals surface area contributed by atoms with Crippen molar-refractivity contribution in [1.29, 1.82) is 0 Å². The molecular formula is C12H14BrF3N2O2. The number of amides is 1. The van der Waals surface area contributed by atoms with Crippen molar-refractivity contribution in [1.82, 2.24) is 5.32 Å². The van der Waals surface area contributed by atoms with Crippen LogP contribution in [0, 0.1) is 0 Å². The minimum absolute atomic E-state index is 0.000805. The van der Waals surface area contributed by atoms with E-state index in [0.717, 1.165) is 6.07 Å². The SMILES string of the molecule is CC(C)NCC(=O)Nc1ccc(Br)cc1OC(F)(F)F. The maximum absolute atomic E-state index is 12.3. The lowest BCUT2D eigenvalue weighted by Crippen LogP contribution is -2.32. The predicted octanol–water partition coefficient (Wildman–Crippen LogP) is 3.28. The summed E-state index contributed by atoms with van der Waals surface area (Å²) in [6.45, 7) is 3.70. The zero-order valence-electron chi connectivity index (χ0n) is 10.8. The molecule has 1 rings (SSSR count). The Morgan fingerprint density at radius 2 is 2.05 bits per heavy atom. The third-order valence-corrected chi connectivity index (χ3v) is 2.61. The van der Waals surface area contributed by atoms with Crippen molar-refractivity contribution >= 4 is 27.5 Å². The van der Waals surface area contributed by atoms with E-state index in [0.29, 0.717) is 4.47 Å². The normalized spacial score (nSPS) is 11.6. The molecule has 112 valence electrons. The van der Waals surface area contributed by atoms with Gasteiger partial charge in [0.2, 0.25) is 5.91 Å². The van der Waals surface area contributed by atoms with Crippen molar-refractivity contribution in [2.24, 2.45) is 0 Å². The summed E-state index contributed by atoms with van der Waals surface area (Å²) in [7, 11) is 0. The van der Waals surface area contributed by atoms with E-state index in [-0.39, 0.29) is 18.3 Å². The highest BCUT2D eigenvalue weighted by molar-refractivity contribution is 9.10. The molecule has 0 saturated carbocycles. The van der Waals surface area contributed by atoms with E-state index in [1.165, 1.54) is 12.1 Å². The van der Waals surface area contributed by atoms with Crippen LogP contribution in [-0.4, -0.2) is 24.9 Å². The highest BCUT2D eigenvalue weighted by atomic mass is 79.9. The fourth-order valence-electron chi connectivity index (χ4n) is 1.30. The average Bonchev–Trinajstić information content (AvgIpc) is 2.28. The highest BCUT2D eigenvalue weighted by Gasteiger charge is 2.32. The number of ether oxygens (including phenoxy) is 1. The largest absolute Gasteiger partial charge is 0.573 e. The minimum atomic E-state index is -4.82. The number of carbonyl (C=O) groups is 1. The second-order valence-electron chi connectivity index (χ2n) is 4.27. The number of rotatable bonds is 5. The number of hydrogen-bond donors (Lipinski definition) is 2. The minimum Gasteiger partial charge on any atom is -0.404 e. The fourth-order valence-corrected chi connectivity index (χ4v) is 1.64. The molecule has 1 amide bonds. The molecule has 0 saturated heterocycles. The summed E-state index contributed by atoms with van der Waals surface area (Å²) in [6.07, 6.45) is -4.82. The highest BCUT2D eigenvalue weighted by Crippen LogP contribution is 2.32. The molecule has 0 unspecified atom stereocenters. The Labute approximate surface area is 122 Å². The second-order valence-corrected chi connectivity index (χ2v) is 5.19. The third-order valence-electron chi connectivity index (χ3n) is 2.11. The Hall–Kier alpha value is -1.28. The van der Waals surface area contributed by atoms with E-state index in [1.54, 1.807) is 0 Å². The molecule has 0 heterocycles. The Balaban J connectivity index is 2.81. The second kappa shape index (κ2) is 6.94. The van der Waals surface area contributed by atoms with Crippen LogP contribution in [0.25, 0.3) is 0 Å². The third kappa shape index (κ3) is 6.25. The molecule has 0 atom stereocenters. The van der Waals surface area contributed by atoms with Gasteiger partial charge in [0.15, 0.2) is 5.75 Å². The van der Waals surface area contributed by atoms with Crippen molar-refractivity contribution in [3.63, 3.8) is 0 Å². The maximum atomic E-state index is 12.3. The number of nitrogens with one attached hydrogen (secondary N) is 2. The Morgan fingerprint density at radius 1 is 1.40 bits per heavy atom. The van der Waals surface area contributed by atoms with Crippen molar-refractivity contribution in [3.8, 4) is 5.75 Å². The number of hydrogen-bond acceptors (Lipinski definition) is 3. The molecule has 0 aromatic heterocycles. The van der Waals surface area contributed by atoms with Crippen LogP contribution in [0.3, 0.4) is 0 Å². The quantitative estimate of drug-likeness (QED) is 0.852. The fraction of sp³-hybridized carbons (Fsp3) is 0.417. The molecule has 0 fully saturated rings. The Bertz CT molecular complexity index is 478. The maximum Gasteiger partial charge on any atom is 0.573 e. The molecular weight excluding hydrogens is 341 g/mol. The topological polar surface area (TPSA) is 50.4 Å². The lowest BCUT2D eigenvalue weighted by Gasteiger charge is -2.15. The van der Waals surface area contributed by atoms with Gasteiger partial charge in [0.1, 0.15) is 0 Å². The van der Waals surface area contributed by atoms with E-state index in [1.807, 2.05) is 13.8 Å². The molecule has 0 bridgehead atoms. The molecule has 0 spiro atoms. The van der Waals surface area contributed by atoms with Gasteiger partial charge in [-0.2, -0.15) is 0 Å². The standard InChI is InChI=1S/C12H14BrF3N2O2/c1-7(2)17-6-11(19)18-9-4-3-8(13)5-10(9)20-12(14,15)16/h3-5,7,17H,6H2,1-2H3,(H,18,19). The summed E-state index contributed by atoms with van der Waals surface area (Å²) in [4.78, 5) is 11.6. The van der Waals surface area contributed by atoms with Gasteiger partial charge < -0.3 is 15.4 Å². The number of carbonyl (C=O) groups excluding carboxylic acids is 1. The molecule has 1 aromatic rings. The van der Waals surface area contributed by atoms with E-state index >= 15 is 0 Å².